The lowest BCUT2D eigenvalue weighted by Gasteiger charge is -2.15. The van der Waals surface area contributed by atoms with Gasteiger partial charge < -0.3 is 11.1 Å². The maximum Gasteiger partial charge on any atom is 0.231 e. The first-order valence-electron chi connectivity index (χ1n) is 3.23. The predicted octanol–water partition coefficient (Wildman–Crippen LogP) is -0.0872. The monoisotopic (exact) mass is 160 g/mol. The highest BCUT2D eigenvalue weighted by atomic mass is 32.2. The molecular formula is C6H12N2OS. The molecule has 1 rings (SSSR count). The molecular weight excluding hydrogens is 148 g/mol. The first kappa shape index (κ1) is 7.88. The highest BCUT2D eigenvalue weighted by molar-refractivity contribution is 8.02. The van der Waals surface area contributed by atoms with Crippen LogP contribution in [-0.2, 0) is 4.79 Å². The van der Waals surface area contributed by atoms with Crippen molar-refractivity contribution in [1.29, 1.82) is 0 Å². The maximum absolute atomic E-state index is 10.7. The van der Waals surface area contributed by atoms with E-state index in [0.29, 0.717) is 6.54 Å². The quantitative estimate of drug-likeness (QED) is 0.564. The van der Waals surface area contributed by atoms with Gasteiger partial charge in [0.05, 0.1) is 10.1 Å². The van der Waals surface area contributed by atoms with Crippen molar-refractivity contribution < 1.29 is 4.79 Å². The zero-order valence-corrected chi connectivity index (χ0v) is 6.99. The van der Waals surface area contributed by atoms with Crippen LogP contribution in [0.5, 0.6) is 0 Å². The molecule has 1 atom stereocenters. The molecule has 1 fully saturated rings. The molecule has 1 saturated heterocycles. The fraction of sp³-hybridized carbons (Fsp3) is 0.833. The van der Waals surface area contributed by atoms with Gasteiger partial charge in [-0.3, -0.25) is 4.79 Å². The normalized spacial score (nSPS) is 30.4. The summed E-state index contributed by atoms with van der Waals surface area (Å²) in [7, 11) is 0. The number of amides is 1. The Hall–Kier alpha value is -0.220. The van der Waals surface area contributed by atoms with E-state index in [9.17, 15) is 4.79 Å². The van der Waals surface area contributed by atoms with Gasteiger partial charge in [-0.15, -0.1) is 11.8 Å². The number of carbonyl (C=O) groups excluding carboxylic acids is 1. The minimum atomic E-state index is -0.219. The molecule has 1 amide bonds. The summed E-state index contributed by atoms with van der Waals surface area (Å²) >= 11 is 1.59. The molecule has 4 heteroatoms. The van der Waals surface area contributed by atoms with Crippen LogP contribution in [0.1, 0.15) is 13.8 Å². The van der Waals surface area contributed by atoms with Crippen LogP contribution in [0.25, 0.3) is 0 Å². The van der Waals surface area contributed by atoms with Crippen molar-refractivity contribution in [3.8, 4) is 0 Å². The summed E-state index contributed by atoms with van der Waals surface area (Å²) in [6, 6.07) is 0. The predicted molar refractivity (Wildman–Crippen MR) is 42.7 cm³/mol. The summed E-state index contributed by atoms with van der Waals surface area (Å²) < 4.78 is 0. The van der Waals surface area contributed by atoms with E-state index in [0.717, 1.165) is 0 Å². The highest BCUT2D eigenvalue weighted by Gasteiger charge is 2.33. The standard InChI is InChI=1S/C6H12N2OS/c1-6(2)8-3-4(10-6)5(7)9/h4,8H,3H2,1-2H3,(H2,7,9). The lowest BCUT2D eigenvalue weighted by molar-refractivity contribution is -0.117. The zero-order chi connectivity index (χ0) is 7.78. The Balaban J connectivity index is 2.51. The molecule has 58 valence electrons. The van der Waals surface area contributed by atoms with Crippen molar-refractivity contribution in [3.05, 3.63) is 0 Å². The van der Waals surface area contributed by atoms with Gasteiger partial charge in [-0.1, -0.05) is 0 Å². The van der Waals surface area contributed by atoms with Crippen molar-refractivity contribution in [2.75, 3.05) is 6.54 Å². The number of rotatable bonds is 1. The maximum atomic E-state index is 10.7. The van der Waals surface area contributed by atoms with Crippen LogP contribution in [0.2, 0.25) is 0 Å². The molecule has 1 aliphatic heterocycles. The van der Waals surface area contributed by atoms with Crippen LogP contribution >= 0.6 is 11.8 Å². The Bertz CT molecular complexity index is 158. The Morgan fingerprint density at radius 1 is 1.80 bits per heavy atom. The van der Waals surface area contributed by atoms with Crippen LogP contribution in [0.4, 0.5) is 0 Å². The average molecular weight is 160 g/mol. The third kappa shape index (κ3) is 1.64. The van der Waals surface area contributed by atoms with E-state index in [1.54, 1.807) is 11.8 Å². The largest absolute Gasteiger partial charge is 0.369 e. The first-order chi connectivity index (χ1) is 4.51. The lowest BCUT2D eigenvalue weighted by atomic mass is 10.3. The number of primary amides is 1. The van der Waals surface area contributed by atoms with Gasteiger partial charge in [0, 0.05) is 6.54 Å². The van der Waals surface area contributed by atoms with Crippen LogP contribution in [0.3, 0.4) is 0 Å². The minimum absolute atomic E-state index is 0.0136. The number of nitrogens with one attached hydrogen (secondary N) is 1. The van der Waals surface area contributed by atoms with Gasteiger partial charge in [-0.25, -0.2) is 0 Å². The Labute approximate surface area is 64.7 Å². The smallest absolute Gasteiger partial charge is 0.231 e. The summed E-state index contributed by atoms with van der Waals surface area (Å²) in [6.07, 6.45) is 0. The molecule has 0 bridgehead atoms. The van der Waals surface area contributed by atoms with Crippen LogP contribution in [0.15, 0.2) is 0 Å². The van der Waals surface area contributed by atoms with E-state index < -0.39 is 0 Å². The topological polar surface area (TPSA) is 55.1 Å². The van der Waals surface area contributed by atoms with E-state index in [-0.39, 0.29) is 16.0 Å². The fourth-order valence-corrected chi connectivity index (χ4v) is 2.10. The Morgan fingerprint density at radius 3 is 2.60 bits per heavy atom. The SMILES string of the molecule is CC1(C)NCC(C(N)=O)S1. The van der Waals surface area contributed by atoms with E-state index in [2.05, 4.69) is 5.32 Å². The third-order valence-electron chi connectivity index (χ3n) is 1.47. The number of hydrogen-bond acceptors (Lipinski definition) is 3. The van der Waals surface area contributed by atoms with Crippen molar-refractivity contribution in [1.82, 2.24) is 5.32 Å². The molecule has 1 heterocycles. The van der Waals surface area contributed by atoms with E-state index in [4.69, 9.17) is 5.73 Å². The zero-order valence-electron chi connectivity index (χ0n) is 6.18. The molecule has 0 spiro atoms. The van der Waals surface area contributed by atoms with Gasteiger partial charge in [0.2, 0.25) is 5.91 Å². The summed E-state index contributed by atoms with van der Waals surface area (Å²) in [5.41, 5.74) is 5.12. The fourth-order valence-electron chi connectivity index (χ4n) is 0.936. The second kappa shape index (κ2) is 2.43. The average Bonchev–Trinajstić information content (AvgIpc) is 2.10. The van der Waals surface area contributed by atoms with E-state index >= 15 is 0 Å². The highest BCUT2D eigenvalue weighted by Crippen LogP contribution is 2.31. The molecule has 0 radical (unpaired) electrons. The van der Waals surface area contributed by atoms with E-state index in [1.165, 1.54) is 0 Å². The molecule has 1 unspecified atom stereocenters. The van der Waals surface area contributed by atoms with Crippen molar-refractivity contribution in [3.63, 3.8) is 0 Å². The number of nitrogens with two attached hydrogens (primary N) is 1. The van der Waals surface area contributed by atoms with Crippen molar-refractivity contribution in [2.45, 2.75) is 24.0 Å². The van der Waals surface area contributed by atoms with Gasteiger partial charge in [-0.05, 0) is 13.8 Å². The van der Waals surface area contributed by atoms with Gasteiger partial charge >= 0.3 is 0 Å². The molecule has 0 aromatic heterocycles. The van der Waals surface area contributed by atoms with Crippen LogP contribution < -0.4 is 11.1 Å². The molecule has 0 saturated carbocycles. The van der Waals surface area contributed by atoms with Crippen molar-refractivity contribution >= 4 is 17.7 Å². The van der Waals surface area contributed by atoms with Gasteiger partial charge in [0.1, 0.15) is 0 Å². The molecule has 10 heavy (non-hydrogen) atoms. The Morgan fingerprint density at radius 2 is 2.40 bits per heavy atom. The summed E-state index contributed by atoms with van der Waals surface area (Å²) in [5.74, 6) is -0.219. The number of carbonyl (C=O) groups is 1. The van der Waals surface area contributed by atoms with E-state index in [1.807, 2.05) is 13.8 Å². The summed E-state index contributed by atoms with van der Waals surface area (Å²) in [6.45, 7) is 4.79. The second-order valence-corrected chi connectivity index (χ2v) is 4.73. The molecule has 1 aliphatic rings. The van der Waals surface area contributed by atoms with Gasteiger partial charge in [0.25, 0.3) is 0 Å². The molecule has 3 N–H and O–H groups in total. The minimum Gasteiger partial charge on any atom is -0.369 e. The molecule has 0 aromatic carbocycles. The van der Waals surface area contributed by atoms with Gasteiger partial charge in [0.15, 0.2) is 0 Å². The Kier molecular flexibility index (Phi) is 1.92. The molecule has 3 nitrogen and oxygen atoms in total. The summed E-state index contributed by atoms with van der Waals surface area (Å²) in [4.78, 5) is 10.7. The number of hydrogen-bond donors (Lipinski definition) is 2. The van der Waals surface area contributed by atoms with Gasteiger partial charge in [-0.2, -0.15) is 0 Å². The third-order valence-corrected chi connectivity index (χ3v) is 2.88. The second-order valence-electron chi connectivity index (χ2n) is 2.90. The molecule has 0 aromatic rings. The van der Waals surface area contributed by atoms with Crippen LogP contribution in [0, 0.1) is 0 Å². The number of thioether (sulfide) groups is 1. The summed E-state index contributed by atoms with van der Waals surface area (Å²) in [5, 5.41) is 3.14. The molecule has 0 aliphatic carbocycles. The van der Waals surface area contributed by atoms with Crippen LogP contribution in [-0.4, -0.2) is 22.6 Å². The lowest BCUT2D eigenvalue weighted by Crippen LogP contribution is -2.31. The van der Waals surface area contributed by atoms with Crippen molar-refractivity contribution in [2.24, 2.45) is 5.73 Å². The first-order valence-corrected chi connectivity index (χ1v) is 4.11.